The van der Waals surface area contributed by atoms with Crippen LogP contribution in [0, 0.1) is 0 Å². The van der Waals surface area contributed by atoms with Crippen LogP contribution in [-0.2, 0) is 52.1 Å². The molecule has 30 nitrogen and oxygen atoms in total. The molecule has 6 fully saturated rings. The van der Waals surface area contributed by atoms with Crippen molar-refractivity contribution in [2.45, 2.75) is 178 Å². The first-order chi connectivity index (χ1) is 30.8. The van der Waals surface area contributed by atoms with Gasteiger partial charge in [-0.3, -0.25) is 0 Å². The molecular formula is C35H60O30. The summed E-state index contributed by atoms with van der Waals surface area (Å²) in [6.45, 7) is -5.08. The molecular weight excluding hydrogens is 900 g/mol. The molecule has 0 saturated carbocycles. The Morgan fingerprint density at radius 2 is 0.662 bits per heavy atom. The van der Waals surface area contributed by atoms with Gasteiger partial charge in [0.05, 0.1) is 39.6 Å². The van der Waals surface area contributed by atoms with E-state index in [0.29, 0.717) is 0 Å². The van der Waals surface area contributed by atoms with Crippen LogP contribution in [0.3, 0.4) is 0 Å². The van der Waals surface area contributed by atoms with Crippen molar-refractivity contribution >= 4 is 0 Å². The van der Waals surface area contributed by atoms with Gasteiger partial charge in [0.25, 0.3) is 0 Å². The van der Waals surface area contributed by atoms with Crippen LogP contribution in [0.4, 0.5) is 0 Å². The van der Waals surface area contributed by atoms with E-state index in [4.69, 9.17) is 52.1 Å². The fourth-order valence-corrected chi connectivity index (χ4v) is 8.14. The Morgan fingerprint density at radius 1 is 0.323 bits per heavy atom. The average Bonchev–Trinajstić information content (AvgIpc) is 3.29. The number of aliphatic hydroxyl groups is 19. The summed E-state index contributed by atoms with van der Waals surface area (Å²) in [4.78, 5) is 0. The molecule has 29 atom stereocenters. The second kappa shape index (κ2) is 22.7. The summed E-state index contributed by atoms with van der Waals surface area (Å²) in [6.07, 6.45) is -54.5. The third kappa shape index (κ3) is 11.1. The maximum Gasteiger partial charge on any atom is 0.187 e. The third-order valence-electron chi connectivity index (χ3n) is 12.0. The summed E-state index contributed by atoms with van der Waals surface area (Å²) in [5.41, 5.74) is 0. The van der Waals surface area contributed by atoms with Crippen LogP contribution < -0.4 is 0 Å². The molecule has 6 aliphatic rings. The monoisotopic (exact) mass is 960 g/mol. The van der Waals surface area contributed by atoms with Crippen LogP contribution in [0.5, 0.6) is 0 Å². The largest absolute Gasteiger partial charge is 0.394 e. The third-order valence-corrected chi connectivity index (χ3v) is 12.0. The highest BCUT2D eigenvalue weighted by Gasteiger charge is 2.57. The lowest BCUT2D eigenvalue weighted by atomic mass is 9.95. The van der Waals surface area contributed by atoms with Gasteiger partial charge >= 0.3 is 0 Å². The van der Waals surface area contributed by atoms with Crippen LogP contribution in [0.2, 0.25) is 0 Å². The molecule has 380 valence electrons. The van der Waals surface area contributed by atoms with Gasteiger partial charge in [0, 0.05) is 0 Å². The molecule has 6 rings (SSSR count). The Bertz CT molecular complexity index is 1450. The summed E-state index contributed by atoms with van der Waals surface area (Å²) < 4.78 is 60.9. The summed E-state index contributed by atoms with van der Waals surface area (Å²) in [6, 6.07) is 0. The fraction of sp³-hybridized carbons (Fsp3) is 1.00. The summed E-state index contributed by atoms with van der Waals surface area (Å²) in [5, 5.41) is 199. The molecule has 6 aliphatic heterocycles. The molecule has 6 heterocycles. The van der Waals surface area contributed by atoms with E-state index in [1.165, 1.54) is 0 Å². The number of hydrogen-bond acceptors (Lipinski definition) is 30. The molecule has 0 aromatic rings. The van der Waals surface area contributed by atoms with E-state index in [2.05, 4.69) is 0 Å². The highest BCUT2D eigenvalue weighted by atomic mass is 16.8. The lowest BCUT2D eigenvalue weighted by Gasteiger charge is -2.49. The van der Waals surface area contributed by atoms with Crippen LogP contribution in [0.15, 0.2) is 0 Å². The summed E-state index contributed by atoms with van der Waals surface area (Å²) >= 11 is 0. The Kier molecular flexibility index (Phi) is 18.6. The van der Waals surface area contributed by atoms with Gasteiger partial charge in [0.2, 0.25) is 0 Å². The molecule has 0 aliphatic carbocycles. The Hall–Kier alpha value is -1.20. The Balaban J connectivity index is 1.18. The average molecular weight is 961 g/mol. The molecule has 65 heavy (non-hydrogen) atoms. The van der Waals surface area contributed by atoms with Gasteiger partial charge in [-0.25, -0.2) is 0 Å². The number of ether oxygens (including phenoxy) is 11. The van der Waals surface area contributed by atoms with Gasteiger partial charge in [0.15, 0.2) is 37.7 Å². The minimum atomic E-state index is -2.23. The summed E-state index contributed by atoms with van der Waals surface area (Å²) in [5.74, 6) is 0. The minimum absolute atomic E-state index is 0.526. The summed E-state index contributed by atoms with van der Waals surface area (Å²) in [7, 11) is 0. The van der Waals surface area contributed by atoms with Crippen molar-refractivity contribution < 1.29 is 149 Å². The van der Waals surface area contributed by atoms with E-state index in [9.17, 15) is 97.0 Å². The molecule has 0 aromatic heterocycles. The predicted molar refractivity (Wildman–Crippen MR) is 193 cm³/mol. The van der Waals surface area contributed by atoms with Crippen molar-refractivity contribution in [2.75, 3.05) is 39.6 Å². The van der Waals surface area contributed by atoms with Crippen molar-refractivity contribution in [2.24, 2.45) is 0 Å². The van der Waals surface area contributed by atoms with Gasteiger partial charge < -0.3 is 149 Å². The van der Waals surface area contributed by atoms with Gasteiger partial charge in [-0.15, -0.1) is 0 Å². The number of hydrogen-bond donors (Lipinski definition) is 19. The second-order valence-corrected chi connectivity index (χ2v) is 16.3. The second-order valence-electron chi connectivity index (χ2n) is 16.3. The molecule has 6 saturated heterocycles. The zero-order valence-electron chi connectivity index (χ0n) is 34.0. The highest BCUT2D eigenvalue weighted by Crippen LogP contribution is 2.36. The first-order valence-corrected chi connectivity index (χ1v) is 20.5. The number of aliphatic hydroxyl groups excluding tert-OH is 19. The van der Waals surface area contributed by atoms with Crippen molar-refractivity contribution in [3.63, 3.8) is 0 Å². The molecule has 0 bridgehead atoms. The van der Waals surface area contributed by atoms with Crippen LogP contribution >= 0.6 is 0 Å². The van der Waals surface area contributed by atoms with Crippen molar-refractivity contribution in [1.29, 1.82) is 0 Å². The van der Waals surface area contributed by atoms with Gasteiger partial charge in [0.1, 0.15) is 140 Å². The predicted octanol–water partition coefficient (Wildman–Crippen LogP) is -13.5. The lowest BCUT2D eigenvalue weighted by molar-refractivity contribution is -0.395. The Morgan fingerprint density at radius 3 is 1.09 bits per heavy atom. The molecule has 0 radical (unpaired) electrons. The zero-order valence-corrected chi connectivity index (χ0v) is 34.0. The molecule has 0 aromatic carbocycles. The first kappa shape index (κ1) is 53.2. The fourth-order valence-electron chi connectivity index (χ4n) is 8.14. The normalized spacial score (nSPS) is 53.5. The smallest absolute Gasteiger partial charge is 0.187 e. The maximum atomic E-state index is 11.5. The highest BCUT2D eigenvalue weighted by molar-refractivity contribution is 4.99. The molecule has 0 amide bonds. The van der Waals surface area contributed by atoms with Gasteiger partial charge in [-0.05, 0) is 0 Å². The number of rotatable bonds is 15. The van der Waals surface area contributed by atoms with E-state index >= 15 is 0 Å². The minimum Gasteiger partial charge on any atom is -0.394 e. The SMILES string of the molecule is OC[C@H]1O[C@@H](O[C@H]2[C@@H](O)[C@@H](O)[C@H](O[C@H]3[C@H](O)[C@@H](O)[C@H](O[C@H]4[C@H](O)[C@@H](O)[C@H](O[C@H]5[C@H](O)[C@@H](O)C(O)O[C@@H]5CO)O[C@@H]4CO)O[C@@H]3CO[C@H]3OC[C@@H](O)[C@H](O)[C@H]3O)O[C@@H]2CO)[C@H](O)[C@@H](O)[C@@H]1O. The van der Waals surface area contributed by atoms with E-state index < -0.39 is 218 Å². The maximum absolute atomic E-state index is 11.5. The van der Waals surface area contributed by atoms with Crippen molar-refractivity contribution in [3.8, 4) is 0 Å². The van der Waals surface area contributed by atoms with Crippen LogP contribution in [0.1, 0.15) is 0 Å². The molecule has 19 N–H and O–H groups in total. The van der Waals surface area contributed by atoms with E-state index in [0.717, 1.165) is 0 Å². The molecule has 0 spiro atoms. The van der Waals surface area contributed by atoms with Crippen molar-refractivity contribution in [1.82, 2.24) is 0 Å². The van der Waals surface area contributed by atoms with E-state index in [1.54, 1.807) is 0 Å². The standard InChI is InChI=1S/C35H60O30/c36-1-8-14(42)15(43)22(50)32(58-8)63-27-10(3-38)60-34(24(52)18(27)46)65-29-12(6-56-31-21(49)13(41)7(40)5-55-31)61-35(25(53)19(29)47)64-28-11(4-39)59-33(23(51)17(28)45)62-26-9(2-37)57-30(54)20(48)16(26)44/h7-54H,1-6H2/t7-,8-,9-,10-,11-,12-,13+,14-,15+,16-,17-,18+,19-,20-,21-,22-,23-,24-,25-,26-,27-,28-,29-,30?,31-,32+,33+,34+,35+/m1/s1. The van der Waals surface area contributed by atoms with Gasteiger partial charge in [-0.1, -0.05) is 0 Å². The van der Waals surface area contributed by atoms with Gasteiger partial charge in [-0.2, -0.15) is 0 Å². The quantitative estimate of drug-likeness (QED) is 0.0724. The topological polar surface area (TPSA) is 486 Å². The van der Waals surface area contributed by atoms with Crippen LogP contribution in [-0.4, -0.2) is 315 Å². The van der Waals surface area contributed by atoms with E-state index in [-0.39, 0.29) is 0 Å². The molecule has 30 heteroatoms. The van der Waals surface area contributed by atoms with E-state index in [1.807, 2.05) is 0 Å². The molecule has 1 unspecified atom stereocenters. The van der Waals surface area contributed by atoms with Crippen LogP contribution in [0.25, 0.3) is 0 Å². The zero-order chi connectivity index (χ0) is 47.8. The first-order valence-electron chi connectivity index (χ1n) is 20.5. The lowest BCUT2D eigenvalue weighted by Crippen LogP contribution is -2.68. The Labute approximate surface area is 366 Å². The van der Waals surface area contributed by atoms with Crippen molar-refractivity contribution in [3.05, 3.63) is 0 Å².